The summed E-state index contributed by atoms with van der Waals surface area (Å²) in [4.78, 5) is 0. The van der Waals surface area contributed by atoms with Crippen molar-refractivity contribution in [3.63, 3.8) is 0 Å². The van der Waals surface area contributed by atoms with Crippen molar-refractivity contribution < 1.29 is 0 Å². The van der Waals surface area contributed by atoms with Crippen LogP contribution < -0.4 is 11.1 Å². The molecule has 0 saturated heterocycles. The van der Waals surface area contributed by atoms with Crippen molar-refractivity contribution in [2.45, 2.75) is 39.5 Å². The van der Waals surface area contributed by atoms with Crippen LogP contribution in [-0.4, -0.2) is 6.54 Å². The lowest BCUT2D eigenvalue weighted by molar-refractivity contribution is 0.362. The third kappa shape index (κ3) is 2.69. The number of benzene rings is 1. The molecule has 3 N–H and O–H groups in total. The summed E-state index contributed by atoms with van der Waals surface area (Å²) in [6, 6.07) is 6.18. The van der Waals surface area contributed by atoms with E-state index in [9.17, 15) is 0 Å². The van der Waals surface area contributed by atoms with Gasteiger partial charge in [0.25, 0.3) is 0 Å². The first kappa shape index (κ1) is 11.3. The molecular formula is C14H22N2. The lowest BCUT2D eigenvalue weighted by Crippen LogP contribution is -2.22. The number of rotatable bonds is 3. The SMILES string of the molecule is Cc1cc(N)cc(NCC2(C)CCCC2)c1. The molecule has 1 aromatic rings. The minimum atomic E-state index is 0.485. The highest BCUT2D eigenvalue weighted by molar-refractivity contribution is 5.56. The van der Waals surface area contributed by atoms with Crippen LogP contribution in [0.5, 0.6) is 0 Å². The molecule has 0 amide bonds. The number of nitrogens with two attached hydrogens (primary N) is 1. The zero-order valence-corrected chi connectivity index (χ0v) is 10.3. The molecule has 1 aliphatic carbocycles. The molecule has 0 bridgehead atoms. The summed E-state index contributed by atoms with van der Waals surface area (Å²) < 4.78 is 0. The molecule has 0 aromatic heterocycles. The molecule has 2 nitrogen and oxygen atoms in total. The predicted molar refractivity (Wildman–Crippen MR) is 70.7 cm³/mol. The maximum atomic E-state index is 5.84. The average molecular weight is 218 g/mol. The van der Waals surface area contributed by atoms with Gasteiger partial charge >= 0.3 is 0 Å². The maximum absolute atomic E-state index is 5.84. The second-order valence-electron chi connectivity index (χ2n) is 5.50. The van der Waals surface area contributed by atoms with Gasteiger partial charge in [-0.05, 0) is 48.9 Å². The number of nitrogens with one attached hydrogen (secondary N) is 1. The molecule has 88 valence electrons. The van der Waals surface area contributed by atoms with Crippen molar-refractivity contribution in [3.8, 4) is 0 Å². The third-order valence-corrected chi connectivity index (χ3v) is 3.63. The van der Waals surface area contributed by atoms with Gasteiger partial charge in [0.05, 0.1) is 0 Å². The summed E-state index contributed by atoms with van der Waals surface area (Å²) in [5.74, 6) is 0. The molecule has 16 heavy (non-hydrogen) atoms. The quantitative estimate of drug-likeness (QED) is 0.761. The van der Waals surface area contributed by atoms with Gasteiger partial charge in [-0.2, -0.15) is 0 Å². The van der Waals surface area contributed by atoms with Gasteiger partial charge in [0.15, 0.2) is 0 Å². The highest BCUT2D eigenvalue weighted by atomic mass is 14.9. The zero-order valence-electron chi connectivity index (χ0n) is 10.3. The molecule has 1 aromatic carbocycles. The van der Waals surface area contributed by atoms with Gasteiger partial charge < -0.3 is 11.1 Å². The van der Waals surface area contributed by atoms with Crippen LogP contribution in [0.25, 0.3) is 0 Å². The summed E-state index contributed by atoms with van der Waals surface area (Å²) in [7, 11) is 0. The molecule has 0 unspecified atom stereocenters. The standard InChI is InChI=1S/C14H22N2/c1-11-7-12(15)9-13(8-11)16-10-14(2)5-3-4-6-14/h7-9,16H,3-6,10,15H2,1-2H3. The number of nitrogen functional groups attached to an aromatic ring is 1. The Kier molecular flexibility index (Phi) is 3.08. The third-order valence-electron chi connectivity index (χ3n) is 3.63. The van der Waals surface area contributed by atoms with E-state index in [4.69, 9.17) is 5.73 Å². The van der Waals surface area contributed by atoms with Gasteiger partial charge in [-0.1, -0.05) is 19.8 Å². The first-order chi connectivity index (χ1) is 7.57. The number of aryl methyl sites for hydroxylation is 1. The first-order valence-electron chi connectivity index (χ1n) is 6.18. The van der Waals surface area contributed by atoms with E-state index >= 15 is 0 Å². The van der Waals surface area contributed by atoms with Crippen LogP contribution in [0.15, 0.2) is 18.2 Å². The Morgan fingerprint density at radius 2 is 1.94 bits per heavy atom. The zero-order chi connectivity index (χ0) is 11.6. The van der Waals surface area contributed by atoms with Gasteiger partial charge in [0, 0.05) is 17.9 Å². The van der Waals surface area contributed by atoms with Crippen molar-refractivity contribution in [1.29, 1.82) is 0 Å². The van der Waals surface area contributed by atoms with Crippen LogP contribution in [-0.2, 0) is 0 Å². The number of anilines is 2. The molecule has 2 heteroatoms. The van der Waals surface area contributed by atoms with E-state index in [1.54, 1.807) is 0 Å². The van der Waals surface area contributed by atoms with Crippen LogP contribution in [0.1, 0.15) is 38.2 Å². The summed E-state index contributed by atoms with van der Waals surface area (Å²) in [6.07, 6.45) is 5.46. The second-order valence-corrected chi connectivity index (χ2v) is 5.50. The smallest absolute Gasteiger partial charge is 0.0363 e. The van der Waals surface area contributed by atoms with Crippen molar-refractivity contribution in [2.24, 2.45) is 5.41 Å². The fourth-order valence-corrected chi connectivity index (χ4v) is 2.64. The van der Waals surface area contributed by atoms with Crippen molar-refractivity contribution >= 4 is 11.4 Å². The maximum Gasteiger partial charge on any atom is 0.0363 e. The first-order valence-corrected chi connectivity index (χ1v) is 6.18. The summed E-state index contributed by atoms with van der Waals surface area (Å²) >= 11 is 0. The average Bonchev–Trinajstić information content (AvgIpc) is 2.62. The molecule has 0 radical (unpaired) electrons. The molecule has 1 fully saturated rings. The minimum Gasteiger partial charge on any atom is -0.399 e. The molecule has 1 aliphatic rings. The Labute approximate surface area is 98.2 Å². The number of hydrogen-bond acceptors (Lipinski definition) is 2. The fourth-order valence-electron chi connectivity index (χ4n) is 2.64. The Morgan fingerprint density at radius 3 is 2.56 bits per heavy atom. The van der Waals surface area contributed by atoms with E-state index in [2.05, 4.69) is 25.2 Å². The molecule has 1 saturated carbocycles. The summed E-state index contributed by atoms with van der Waals surface area (Å²) in [6.45, 7) is 5.53. The van der Waals surface area contributed by atoms with Crippen LogP contribution in [0.2, 0.25) is 0 Å². The van der Waals surface area contributed by atoms with E-state index in [0.29, 0.717) is 5.41 Å². The highest BCUT2D eigenvalue weighted by Crippen LogP contribution is 2.37. The van der Waals surface area contributed by atoms with Gasteiger partial charge in [0.1, 0.15) is 0 Å². The molecule has 2 rings (SSSR count). The molecular weight excluding hydrogens is 196 g/mol. The van der Waals surface area contributed by atoms with E-state index in [0.717, 1.165) is 17.9 Å². The molecule has 0 heterocycles. The van der Waals surface area contributed by atoms with E-state index in [1.165, 1.54) is 31.2 Å². The van der Waals surface area contributed by atoms with Crippen LogP contribution >= 0.6 is 0 Å². The van der Waals surface area contributed by atoms with Gasteiger partial charge in [-0.15, -0.1) is 0 Å². The van der Waals surface area contributed by atoms with Crippen molar-refractivity contribution in [3.05, 3.63) is 23.8 Å². The molecule has 0 aliphatic heterocycles. The number of hydrogen-bond donors (Lipinski definition) is 2. The Hall–Kier alpha value is -1.18. The topological polar surface area (TPSA) is 38.0 Å². The van der Waals surface area contributed by atoms with Gasteiger partial charge in [-0.25, -0.2) is 0 Å². The van der Waals surface area contributed by atoms with Crippen molar-refractivity contribution in [2.75, 3.05) is 17.6 Å². The molecule has 0 spiro atoms. The normalized spacial score (nSPS) is 18.6. The largest absolute Gasteiger partial charge is 0.399 e. The summed E-state index contributed by atoms with van der Waals surface area (Å²) in [5.41, 5.74) is 9.55. The van der Waals surface area contributed by atoms with Crippen molar-refractivity contribution in [1.82, 2.24) is 0 Å². The highest BCUT2D eigenvalue weighted by Gasteiger charge is 2.28. The fraction of sp³-hybridized carbons (Fsp3) is 0.571. The monoisotopic (exact) mass is 218 g/mol. The van der Waals surface area contributed by atoms with Gasteiger partial charge in [-0.3, -0.25) is 0 Å². The lowest BCUT2D eigenvalue weighted by Gasteiger charge is -2.24. The predicted octanol–water partition coefficient (Wildman–Crippen LogP) is 3.57. The Morgan fingerprint density at radius 1 is 1.25 bits per heavy atom. The molecule has 0 atom stereocenters. The van der Waals surface area contributed by atoms with Crippen LogP contribution in [0.4, 0.5) is 11.4 Å². The van der Waals surface area contributed by atoms with Crippen LogP contribution in [0, 0.1) is 12.3 Å². The summed E-state index contributed by atoms with van der Waals surface area (Å²) in [5, 5.41) is 3.53. The lowest BCUT2D eigenvalue weighted by atomic mass is 9.89. The Balaban J connectivity index is 1.98. The van der Waals surface area contributed by atoms with E-state index in [1.807, 2.05) is 12.1 Å². The van der Waals surface area contributed by atoms with E-state index in [-0.39, 0.29) is 0 Å². The Bertz CT molecular complexity index is 345. The van der Waals surface area contributed by atoms with Gasteiger partial charge in [0.2, 0.25) is 0 Å². The van der Waals surface area contributed by atoms with Crippen LogP contribution in [0.3, 0.4) is 0 Å². The second kappa shape index (κ2) is 4.36. The van der Waals surface area contributed by atoms with E-state index < -0.39 is 0 Å². The minimum absolute atomic E-state index is 0.485.